The topological polar surface area (TPSA) is 82.1 Å². The molecular formula is C28H34O6. The molecule has 1 N–H and O–H groups in total. The van der Waals surface area contributed by atoms with Gasteiger partial charge in [-0.15, -0.1) is 0 Å². The molecule has 5 rings (SSSR count). The lowest BCUT2D eigenvalue weighted by atomic mass is 9.69. The maximum absolute atomic E-state index is 13.5. The van der Waals surface area contributed by atoms with Gasteiger partial charge in [-0.25, -0.2) is 9.59 Å². The average Bonchev–Trinajstić information content (AvgIpc) is 3.34. The Balaban J connectivity index is 1.52. The molecule has 2 aromatic carbocycles. The molecule has 2 heterocycles. The second-order valence-electron chi connectivity index (χ2n) is 10.9. The summed E-state index contributed by atoms with van der Waals surface area (Å²) in [6.07, 6.45) is 1.44. The van der Waals surface area contributed by atoms with E-state index < -0.39 is 36.0 Å². The molecule has 3 fully saturated rings. The molecule has 0 aromatic heterocycles. The summed E-state index contributed by atoms with van der Waals surface area (Å²) in [5, 5.41) is 11.4. The van der Waals surface area contributed by atoms with Crippen molar-refractivity contribution in [2.45, 2.75) is 70.4 Å². The van der Waals surface area contributed by atoms with Gasteiger partial charge in [-0.05, 0) is 60.4 Å². The van der Waals surface area contributed by atoms with Gasteiger partial charge in [0.15, 0.2) is 0 Å². The zero-order chi connectivity index (χ0) is 24.3. The molecule has 2 aromatic rings. The molecule has 6 nitrogen and oxygen atoms in total. The van der Waals surface area contributed by atoms with E-state index in [-0.39, 0.29) is 23.7 Å². The zero-order valence-corrected chi connectivity index (χ0v) is 20.3. The monoisotopic (exact) mass is 466 g/mol. The first-order chi connectivity index (χ1) is 16.2. The molecule has 2 aliphatic heterocycles. The van der Waals surface area contributed by atoms with Gasteiger partial charge in [0, 0.05) is 12.3 Å². The van der Waals surface area contributed by atoms with Crippen molar-refractivity contribution in [2.75, 3.05) is 6.61 Å². The highest BCUT2D eigenvalue weighted by Crippen LogP contribution is 2.63. The van der Waals surface area contributed by atoms with Crippen molar-refractivity contribution in [3.8, 4) is 0 Å². The van der Waals surface area contributed by atoms with Crippen LogP contribution in [0.15, 0.2) is 42.5 Å². The quantitative estimate of drug-likeness (QED) is 0.653. The Labute approximate surface area is 200 Å². The predicted octanol–water partition coefficient (Wildman–Crippen LogP) is 4.52. The van der Waals surface area contributed by atoms with Crippen LogP contribution in [0.5, 0.6) is 0 Å². The van der Waals surface area contributed by atoms with E-state index in [1.165, 1.54) is 0 Å². The van der Waals surface area contributed by atoms with Crippen LogP contribution in [0.3, 0.4) is 0 Å². The summed E-state index contributed by atoms with van der Waals surface area (Å²) in [5.74, 6) is -0.391. The summed E-state index contributed by atoms with van der Waals surface area (Å²) < 4.78 is 18.9. The molecule has 0 unspecified atom stereocenters. The Hall–Kier alpha value is -2.44. The number of fused-ring (bicyclic) bond motifs is 5. The van der Waals surface area contributed by atoms with E-state index in [1.807, 2.05) is 49.4 Å². The first kappa shape index (κ1) is 23.3. The highest BCUT2D eigenvalue weighted by atomic mass is 16.6. The Morgan fingerprint density at radius 2 is 1.85 bits per heavy atom. The van der Waals surface area contributed by atoms with Crippen LogP contribution in [0.4, 0.5) is 0 Å². The molecule has 182 valence electrons. The molecule has 1 saturated carbocycles. The van der Waals surface area contributed by atoms with Crippen LogP contribution in [0.25, 0.3) is 10.8 Å². The number of rotatable bonds is 5. The fourth-order valence-electron chi connectivity index (χ4n) is 6.94. The maximum Gasteiger partial charge on any atom is 0.338 e. The molecule has 2 bridgehead atoms. The van der Waals surface area contributed by atoms with Crippen LogP contribution in [-0.2, 0) is 19.0 Å². The first-order valence-electron chi connectivity index (χ1n) is 12.4. The molecule has 0 amide bonds. The third kappa shape index (κ3) is 3.45. The standard InChI is InChI=1S/C28H34O6/c1-16(2)28-14-22(32-23(30)15-29)27(4,34-28)21-12-9-17(3)24(21)25(28)33-26(31)20-11-10-18-7-5-6-8-19(18)13-20/h5-8,10-11,13,16-17,21-22,24-25,29H,9,12,14-15H2,1-4H3/t17-,21-,22-,24-,25+,27-,28+/m1/s1. The summed E-state index contributed by atoms with van der Waals surface area (Å²) in [6, 6.07) is 13.6. The number of aliphatic hydroxyl groups is 1. The molecule has 0 spiro atoms. The summed E-state index contributed by atoms with van der Waals surface area (Å²) in [7, 11) is 0. The Morgan fingerprint density at radius 1 is 1.12 bits per heavy atom. The van der Waals surface area contributed by atoms with Gasteiger partial charge in [0.1, 0.15) is 30.0 Å². The van der Waals surface area contributed by atoms with Crippen LogP contribution < -0.4 is 0 Å². The van der Waals surface area contributed by atoms with E-state index in [4.69, 9.17) is 14.2 Å². The third-order valence-electron chi connectivity index (χ3n) is 8.78. The minimum atomic E-state index is -0.762. The molecule has 3 aliphatic rings. The number of aliphatic hydroxyl groups excluding tert-OH is 1. The molecule has 6 heteroatoms. The third-order valence-corrected chi connectivity index (χ3v) is 8.78. The number of esters is 2. The first-order valence-corrected chi connectivity index (χ1v) is 12.4. The SMILES string of the molecule is CC(C)[C@]12C[C@@H](OC(=O)CO)[C@](C)(O1)[C@@H]1CC[C@@H](C)[C@H]1[C@@H]2OC(=O)c1ccc2ccccc2c1. The largest absolute Gasteiger partial charge is 0.457 e. The van der Waals surface area contributed by atoms with E-state index in [2.05, 4.69) is 20.8 Å². The van der Waals surface area contributed by atoms with Crippen molar-refractivity contribution in [1.82, 2.24) is 0 Å². The molecular weight excluding hydrogens is 432 g/mol. The molecule has 1 aliphatic carbocycles. The van der Waals surface area contributed by atoms with E-state index in [9.17, 15) is 14.7 Å². The van der Waals surface area contributed by atoms with Crippen molar-refractivity contribution < 1.29 is 28.9 Å². The minimum Gasteiger partial charge on any atom is -0.457 e. The van der Waals surface area contributed by atoms with Crippen LogP contribution in [0, 0.1) is 23.7 Å². The Kier molecular flexibility index (Phi) is 5.72. The normalized spacial score (nSPS) is 36.5. The highest BCUT2D eigenvalue weighted by Gasteiger charge is 2.72. The van der Waals surface area contributed by atoms with Gasteiger partial charge in [0.25, 0.3) is 0 Å². The van der Waals surface area contributed by atoms with E-state index >= 15 is 0 Å². The molecule has 34 heavy (non-hydrogen) atoms. The lowest BCUT2D eigenvalue weighted by Crippen LogP contribution is -2.62. The molecule has 2 saturated heterocycles. The fraction of sp³-hybridized carbons (Fsp3) is 0.571. The number of benzene rings is 2. The van der Waals surface area contributed by atoms with Crippen LogP contribution >= 0.6 is 0 Å². The fourth-order valence-corrected chi connectivity index (χ4v) is 6.94. The lowest BCUT2D eigenvalue weighted by Gasteiger charge is -2.53. The van der Waals surface area contributed by atoms with Crippen molar-refractivity contribution in [1.29, 1.82) is 0 Å². The van der Waals surface area contributed by atoms with Crippen molar-refractivity contribution in [3.05, 3.63) is 48.0 Å². The van der Waals surface area contributed by atoms with Gasteiger partial charge in [0.2, 0.25) is 0 Å². The molecule has 0 radical (unpaired) electrons. The van der Waals surface area contributed by atoms with Gasteiger partial charge >= 0.3 is 11.9 Å². The van der Waals surface area contributed by atoms with Crippen LogP contribution in [0.1, 0.15) is 57.3 Å². The second kappa shape index (κ2) is 8.35. The lowest BCUT2D eigenvalue weighted by molar-refractivity contribution is -0.259. The van der Waals surface area contributed by atoms with Gasteiger partial charge in [-0.2, -0.15) is 0 Å². The van der Waals surface area contributed by atoms with Crippen LogP contribution in [0.2, 0.25) is 0 Å². The van der Waals surface area contributed by atoms with Crippen molar-refractivity contribution in [3.63, 3.8) is 0 Å². The predicted molar refractivity (Wildman–Crippen MR) is 127 cm³/mol. The van der Waals surface area contributed by atoms with Crippen molar-refractivity contribution >= 4 is 22.7 Å². The van der Waals surface area contributed by atoms with E-state index in [0.717, 1.165) is 23.6 Å². The zero-order valence-electron chi connectivity index (χ0n) is 20.3. The second-order valence-corrected chi connectivity index (χ2v) is 10.9. The minimum absolute atomic E-state index is 0.0350. The molecule has 7 atom stereocenters. The summed E-state index contributed by atoms with van der Waals surface area (Å²) >= 11 is 0. The van der Waals surface area contributed by atoms with E-state index in [0.29, 0.717) is 17.9 Å². The average molecular weight is 467 g/mol. The van der Waals surface area contributed by atoms with E-state index in [1.54, 1.807) is 0 Å². The number of carbonyl (C=O) groups is 2. The number of carbonyl (C=O) groups excluding carboxylic acids is 2. The number of ether oxygens (including phenoxy) is 3. The Bertz CT molecular complexity index is 1110. The van der Waals surface area contributed by atoms with Gasteiger partial charge in [0.05, 0.1) is 5.56 Å². The number of hydrogen-bond donors (Lipinski definition) is 1. The summed E-state index contributed by atoms with van der Waals surface area (Å²) in [5.41, 5.74) is -0.910. The smallest absolute Gasteiger partial charge is 0.338 e. The van der Waals surface area contributed by atoms with Crippen molar-refractivity contribution in [2.24, 2.45) is 23.7 Å². The highest BCUT2D eigenvalue weighted by molar-refractivity contribution is 5.95. The maximum atomic E-state index is 13.5. The van der Waals surface area contributed by atoms with Gasteiger partial charge in [-0.3, -0.25) is 0 Å². The summed E-state index contributed by atoms with van der Waals surface area (Å²) in [4.78, 5) is 25.5. The number of hydrogen-bond acceptors (Lipinski definition) is 6. The van der Waals surface area contributed by atoms with Gasteiger partial charge < -0.3 is 19.3 Å². The summed E-state index contributed by atoms with van der Waals surface area (Å²) in [6.45, 7) is 7.75. The van der Waals surface area contributed by atoms with Crippen LogP contribution in [-0.4, -0.2) is 47.1 Å². The van der Waals surface area contributed by atoms with Gasteiger partial charge in [-0.1, -0.05) is 51.1 Å². The Morgan fingerprint density at radius 3 is 2.56 bits per heavy atom.